The van der Waals surface area contributed by atoms with Crippen molar-refractivity contribution < 1.29 is 0 Å². The molecule has 2 N–H and O–H groups in total. The van der Waals surface area contributed by atoms with E-state index in [-0.39, 0.29) is 0 Å². The Bertz CT molecular complexity index is 661. The largest absolute Gasteiger partial charge is 0.399 e. The lowest BCUT2D eigenvalue weighted by Crippen LogP contribution is -2.14. The van der Waals surface area contributed by atoms with Crippen molar-refractivity contribution >= 4 is 34.9 Å². The summed E-state index contributed by atoms with van der Waals surface area (Å²) in [6, 6.07) is 7.82. The van der Waals surface area contributed by atoms with Crippen molar-refractivity contribution in [3.8, 4) is 0 Å². The van der Waals surface area contributed by atoms with Gasteiger partial charge in [-0.25, -0.2) is 0 Å². The van der Waals surface area contributed by atoms with E-state index in [0.717, 1.165) is 39.4 Å². The van der Waals surface area contributed by atoms with Crippen molar-refractivity contribution in [1.82, 2.24) is 14.9 Å². The van der Waals surface area contributed by atoms with E-state index in [1.54, 1.807) is 11.8 Å². The molecule has 5 nitrogen and oxygen atoms in total. The molecule has 0 amide bonds. The van der Waals surface area contributed by atoms with E-state index in [2.05, 4.69) is 24.0 Å². The number of fused-ring (bicyclic) bond motifs is 1. The maximum absolute atomic E-state index is 5.74. The van der Waals surface area contributed by atoms with E-state index < -0.39 is 0 Å². The van der Waals surface area contributed by atoms with Gasteiger partial charge in [-0.2, -0.15) is 21.5 Å². The molecule has 0 radical (unpaired) electrons. The summed E-state index contributed by atoms with van der Waals surface area (Å²) in [5, 5.41) is 14.6. The quantitative estimate of drug-likeness (QED) is 0.878. The molecule has 0 saturated carbocycles. The van der Waals surface area contributed by atoms with Crippen molar-refractivity contribution in [3.63, 3.8) is 0 Å². The first-order valence-electron chi connectivity index (χ1n) is 6.76. The van der Waals surface area contributed by atoms with E-state index in [1.807, 2.05) is 40.7 Å². The summed E-state index contributed by atoms with van der Waals surface area (Å²) in [6.07, 6.45) is 0. The van der Waals surface area contributed by atoms with Gasteiger partial charge in [-0.05, 0) is 22.9 Å². The topological polar surface area (TPSA) is 69.1 Å². The first-order valence-corrected chi connectivity index (χ1v) is 8.79. The van der Waals surface area contributed by atoms with Crippen LogP contribution in [0.1, 0.15) is 25.2 Å². The molecular formula is C14H17N5S2. The van der Waals surface area contributed by atoms with Crippen LogP contribution in [0.15, 0.2) is 34.5 Å². The number of nitrogens with two attached hydrogens (primary N) is 1. The number of anilines is 1. The Hall–Kier alpha value is -1.47. The van der Waals surface area contributed by atoms with E-state index in [4.69, 9.17) is 10.8 Å². The standard InChI is InChI=1S/C14H17N5S2/c1-9(2)20-8-13-16-17-14-19(13)18-12(7-21-14)10-3-5-11(15)6-4-10/h3-6,9H,7-8,15H2,1-2H3. The summed E-state index contributed by atoms with van der Waals surface area (Å²) < 4.78 is 1.87. The number of nitrogens with zero attached hydrogens (tertiary/aromatic N) is 4. The Balaban J connectivity index is 1.88. The van der Waals surface area contributed by atoms with Gasteiger partial charge in [0.25, 0.3) is 0 Å². The van der Waals surface area contributed by atoms with E-state index in [9.17, 15) is 0 Å². The van der Waals surface area contributed by atoms with Crippen molar-refractivity contribution in [1.29, 1.82) is 0 Å². The Morgan fingerprint density at radius 3 is 2.76 bits per heavy atom. The molecule has 110 valence electrons. The second kappa shape index (κ2) is 6.11. The van der Waals surface area contributed by atoms with Crippen molar-refractivity contribution in [3.05, 3.63) is 35.7 Å². The number of benzene rings is 1. The van der Waals surface area contributed by atoms with Crippen molar-refractivity contribution in [2.45, 2.75) is 30.0 Å². The molecule has 2 heterocycles. The zero-order valence-corrected chi connectivity index (χ0v) is 13.6. The molecule has 0 spiro atoms. The summed E-state index contributed by atoms with van der Waals surface area (Å²) in [5.41, 5.74) is 8.63. The van der Waals surface area contributed by atoms with Crippen LogP contribution in [0.2, 0.25) is 0 Å². The summed E-state index contributed by atoms with van der Waals surface area (Å²) in [7, 11) is 0. The van der Waals surface area contributed by atoms with Crippen LogP contribution in [0.5, 0.6) is 0 Å². The third kappa shape index (κ3) is 3.24. The fourth-order valence-corrected chi connectivity index (χ4v) is 3.44. The minimum absolute atomic E-state index is 0.565. The van der Waals surface area contributed by atoms with E-state index >= 15 is 0 Å². The molecule has 1 aliphatic rings. The molecule has 0 unspecified atom stereocenters. The number of aromatic nitrogens is 3. The van der Waals surface area contributed by atoms with Crippen LogP contribution in [0.4, 0.5) is 5.69 Å². The first-order chi connectivity index (χ1) is 10.1. The summed E-state index contributed by atoms with van der Waals surface area (Å²) in [4.78, 5) is 0. The first kappa shape index (κ1) is 14.5. The second-order valence-corrected chi connectivity index (χ2v) is 7.54. The second-order valence-electron chi connectivity index (χ2n) is 5.03. The molecule has 0 saturated heterocycles. The van der Waals surface area contributed by atoms with Gasteiger partial charge in [-0.1, -0.05) is 37.7 Å². The molecule has 1 aromatic heterocycles. The predicted octanol–water partition coefficient (Wildman–Crippen LogP) is 2.86. The Morgan fingerprint density at radius 1 is 1.29 bits per heavy atom. The highest BCUT2D eigenvalue weighted by Gasteiger charge is 2.19. The SMILES string of the molecule is CC(C)SCc1nnc2n1N=C(c1ccc(N)cc1)CS2. The van der Waals surface area contributed by atoms with Gasteiger partial charge in [0.05, 0.1) is 11.5 Å². The number of hydrogen-bond donors (Lipinski definition) is 1. The summed E-state index contributed by atoms with van der Waals surface area (Å²) >= 11 is 3.51. The van der Waals surface area contributed by atoms with Gasteiger partial charge in [0, 0.05) is 11.4 Å². The number of rotatable bonds is 4. The number of thioether (sulfide) groups is 2. The Morgan fingerprint density at radius 2 is 2.05 bits per heavy atom. The zero-order valence-electron chi connectivity index (χ0n) is 12.0. The maximum atomic E-state index is 5.74. The molecule has 1 aliphatic heterocycles. The lowest BCUT2D eigenvalue weighted by atomic mass is 10.1. The van der Waals surface area contributed by atoms with Crippen LogP contribution < -0.4 is 5.73 Å². The average molecular weight is 319 g/mol. The van der Waals surface area contributed by atoms with Crippen LogP contribution >= 0.6 is 23.5 Å². The third-order valence-electron chi connectivity index (χ3n) is 3.03. The molecule has 0 bridgehead atoms. The predicted molar refractivity (Wildman–Crippen MR) is 90.0 cm³/mol. The zero-order chi connectivity index (χ0) is 14.8. The summed E-state index contributed by atoms with van der Waals surface area (Å²) in [6.45, 7) is 4.35. The highest BCUT2D eigenvalue weighted by molar-refractivity contribution is 8.00. The Labute approximate surface area is 132 Å². The van der Waals surface area contributed by atoms with Gasteiger partial charge < -0.3 is 5.73 Å². The smallest absolute Gasteiger partial charge is 0.212 e. The molecule has 0 aliphatic carbocycles. The lowest BCUT2D eigenvalue weighted by Gasteiger charge is -2.14. The van der Waals surface area contributed by atoms with E-state index in [0.29, 0.717) is 5.25 Å². The maximum Gasteiger partial charge on any atom is 0.212 e. The van der Waals surface area contributed by atoms with Crippen LogP contribution in [0.3, 0.4) is 0 Å². The molecule has 0 atom stereocenters. The van der Waals surface area contributed by atoms with Gasteiger partial charge in [0.15, 0.2) is 5.82 Å². The van der Waals surface area contributed by atoms with Crippen molar-refractivity contribution in [2.24, 2.45) is 5.10 Å². The minimum atomic E-state index is 0.565. The fourth-order valence-electron chi connectivity index (χ4n) is 1.92. The lowest BCUT2D eigenvalue weighted by molar-refractivity contribution is 0.731. The van der Waals surface area contributed by atoms with Crippen molar-refractivity contribution in [2.75, 3.05) is 11.5 Å². The molecule has 0 fully saturated rings. The summed E-state index contributed by atoms with van der Waals surface area (Å²) in [5.74, 6) is 2.53. The molecule has 7 heteroatoms. The van der Waals surface area contributed by atoms with Gasteiger partial charge in [-0.15, -0.1) is 10.2 Å². The number of hydrogen-bond acceptors (Lipinski definition) is 6. The highest BCUT2D eigenvalue weighted by atomic mass is 32.2. The normalized spacial score (nSPS) is 14.1. The van der Waals surface area contributed by atoms with Gasteiger partial charge in [0.1, 0.15) is 0 Å². The minimum Gasteiger partial charge on any atom is -0.399 e. The van der Waals surface area contributed by atoms with Crippen LogP contribution in [-0.2, 0) is 5.75 Å². The van der Waals surface area contributed by atoms with Gasteiger partial charge in [0.2, 0.25) is 5.16 Å². The van der Waals surface area contributed by atoms with Crippen LogP contribution in [-0.4, -0.2) is 31.6 Å². The Kier molecular flexibility index (Phi) is 4.21. The van der Waals surface area contributed by atoms with Gasteiger partial charge >= 0.3 is 0 Å². The molecule has 21 heavy (non-hydrogen) atoms. The van der Waals surface area contributed by atoms with Crippen LogP contribution in [0, 0.1) is 0 Å². The molecule has 1 aromatic carbocycles. The average Bonchev–Trinajstić information content (AvgIpc) is 2.88. The number of nitrogen functional groups attached to an aromatic ring is 1. The molecule has 3 rings (SSSR count). The van der Waals surface area contributed by atoms with E-state index in [1.165, 1.54) is 0 Å². The van der Waals surface area contributed by atoms with Gasteiger partial charge in [-0.3, -0.25) is 0 Å². The monoisotopic (exact) mass is 319 g/mol. The third-order valence-corrected chi connectivity index (χ3v) is 5.05. The molecule has 2 aromatic rings. The highest BCUT2D eigenvalue weighted by Crippen LogP contribution is 2.26. The van der Waals surface area contributed by atoms with Crippen LogP contribution in [0.25, 0.3) is 0 Å². The molecular weight excluding hydrogens is 302 g/mol. The fraction of sp³-hybridized carbons (Fsp3) is 0.357.